The van der Waals surface area contributed by atoms with Gasteiger partial charge in [0, 0.05) is 5.39 Å². The van der Waals surface area contributed by atoms with Crippen LogP contribution in [0.3, 0.4) is 0 Å². The van der Waals surface area contributed by atoms with Crippen LogP contribution in [0.15, 0.2) is 36.4 Å². The van der Waals surface area contributed by atoms with E-state index in [1.807, 2.05) is 26.0 Å². The highest BCUT2D eigenvalue weighted by Gasteiger charge is 2.07. The summed E-state index contributed by atoms with van der Waals surface area (Å²) in [5, 5.41) is 2.42. The third-order valence-corrected chi connectivity index (χ3v) is 2.75. The summed E-state index contributed by atoms with van der Waals surface area (Å²) in [4.78, 5) is 0. The van der Waals surface area contributed by atoms with E-state index in [0.29, 0.717) is 6.54 Å². The molecule has 0 aromatic heterocycles. The minimum Gasteiger partial charge on any atom is -0.490 e. The van der Waals surface area contributed by atoms with E-state index in [4.69, 9.17) is 10.5 Å². The molecule has 0 heterocycles. The molecule has 2 aromatic rings. The Kier molecular flexibility index (Phi) is 3.64. The first kappa shape index (κ1) is 11.9. The number of ether oxygens (including phenoxy) is 1. The number of benzene rings is 2. The quantitative estimate of drug-likeness (QED) is 0.874. The number of fused-ring (bicyclic) bond motifs is 1. The molecule has 2 nitrogen and oxygen atoms in total. The Bertz CT molecular complexity index is 505. The van der Waals surface area contributed by atoms with Gasteiger partial charge in [0.25, 0.3) is 0 Å². The van der Waals surface area contributed by atoms with Gasteiger partial charge in [-0.15, -0.1) is 0 Å². The summed E-state index contributed by atoms with van der Waals surface area (Å²) in [6.45, 7) is 4.76. The average molecular weight is 229 g/mol. The molecule has 0 spiro atoms. The zero-order chi connectivity index (χ0) is 12.3. The molecule has 0 unspecified atom stereocenters. The molecular weight excluding hydrogens is 210 g/mol. The lowest BCUT2D eigenvalue weighted by Gasteiger charge is -2.14. The van der Waals surface area contributed by atoms with Crippen molar-refractivity contribution in [3.8, 4) is 5.75 Å². The van der Waals surface area contributed by atoms with E-state index in [0.717, 1.165) is 12.2 Å². The highest BCUT2D eigenvalue weighted by Crippen LogP contribution is 2.29. The molecule has 0 amide bonds. The van der Waals surface area contributed by atoms with E-state index < -0.39 is 0 Å². The Balaban J connectivity index is 2.54. The zero-order valence-corrected chi connectivity index (χ0v) is 10.4. The van der Waals surface area contributed by atoms with Gasteiger partial charge in [-0.2, -0.15) is 0 Å². The molecule has 0 atom stereocenters. The van der Waals surface area contributed by atoms with Crippen molar-refractivity contribution in [1.82, 2.24) is 0 Å². The number of hydrogen-bond donors (Lipinski definition) is 1. The van der Waals surface area contributed by atoms with Crippen molar-refractivity contribution in [3.63, 3.8) is 0 Å². The van der Waals surface area contributed by atoms with Crippen molar-refractivity contribution in [2.45, 2.75) is 26.4 Å². The van der Waals surface area contributed by atoms with Gasteiger partial charge in [0.1, 0.15) is 5.75 Å². The van der Waals surface area contributed by atoms with Crippen LogP contribution in [0.1, 0.15) is 19.4 Å². The molecule has 0 aliphatic heterocycles. The van der Waals surface area contributed by atoms with Crippen LogP contribution in [-0.4, -0.2) is 12.6 Å². The molecule has 0 aliphatic rings. The van der Waals surface area contributed by atoms with E-state index in [1.165, 1.54) is 16.3 Å². The average Bonchev–Trinajstić information content (AvgIpc) is 2.32. The van der Waals surface area contributed by atoms with Crippen molar-refractivity contribution in [3.05, 3.63) is 42.0 Å². The van der Waals surface area contributed by atoms with Crippen molar-refractivity contribution in [2.24, 2.45) is 5.73 Å². The van der Waals surface area contributed by atoms with Crippen LogP contribution in [0.25, 0.3) is 10.8 Å². The molecular formula is C15H19NO. The Labute approximate surface area is 102 Å². The Morgan fingerprint density at radius 1 is 1.06 bits per heavy atom. The molecule has 2 rings (SSSR count). The van der Waals surface area contributed by atoms with Crippen molar-refractivity contribution >= 4 is 10.8 Å². The van der Waals surface area contributed by atoms with Crippen molar-refractivity contribution in [1.29, 1.82) is 0 Å². The second kappa shape index (κ2) is 5.19. The predicted molar refractivity (Wildman–Crippen MR) is 72.5 cm³/mol. The van der Waals surface area contributed by atoms with E-state index in [9.17, 15) is 0 Å². The molecule has 0 saturated carbocycles. The van der Waals surface area contributed by atoms with Crippen LogP contribution >= 0.6 is 0 Å². The van der Waals surface area contributed by atoms with Crippen molar-refractivity contribution < 1.29 is 4.74 Å². The van der Waals surface area contributed by atoms with E-state index >= 15 is 0 Å². The van der Waals surface area contributed by atoms with Gasteiger partial charge in [-0.1, -0.05) is 30.3 Å². The highest BCUT2D eigenvalue weighted by atomic mass is 16.5. The summed E-state index contributed by atoms with van der Waals surface area (Å²) in [6, 6.07) is 12.5. The van der Waals surface area contributed by atoms with Gasteiger partial charge in [-0.3, -0.25) is 0 Å². The van der Waals surface area contributed by atoms with Gasteiger partial charge >= 0.3 is 0 Å². The summed E-state index contributed by atoms with van der Waals surface area (Å²) in [6.07, 6.45) is 1.10. The van der Waals surface area contributed by atoms with E-state index in [-0.39, 0.29) is 6.10 Å². The fourth-order valence-corrected chi connectivity index (χ4v) is 2.06. The summed E-state index contributed by atoms with van der Waals surface area (Å²) in [5.41, 5.74) is 6.93. The van der Waals surface area contributed by atoms with Crippen LogP contribution in [0, 0.1) is 0 Å². The Hall–Kier alpha value is -1.54. The van der Waals surface area contributed by atoms with E-state index in [2.05, 4.69) is 24.3 Å². The van der Waals surface area contributed by atoms with Crippen molar-refractivity contribution in [2.75, 3.05) is 6.54 Å². The van der Waals surface area contributed by atoms with Gasteiger partial charge in [0.2, 0.25) is 0 Å². The van der Waals surface area contributed by atoms with E-state index in [1.54, 1.807) is 0 Å². The van der Waals surface area contributed by atoms with Crippen LogP contribution in [0.4, 0.5) is 0 Å². The Morgan fingerprint density at radius 3 is 2.41 bits per heavy atom. The number of nitrogens with two attached hydrogens (primary N) is 1. The largest absolute Gasteiger partial charge is 0.490 e. The van der Waals surface area contributed by atoms with Crippen LogP contribution in [0.2, 0.25) is 0 Å². The van der Waals surface area contributed by atoms with Gasteiger partial charge in [-0.25, -0.2) is 0 Å². The standard InChI is InChI=1S/C15H19NO/c1-11(2)17-15-8-7-12(9-10-16)13-5-3-4-6-14(13)15/h3-8,11H,9-10,16H2,1-2H3. The molecule has 17 heavy (non-hydrogen) atoms. The summed E-state index contributed by atoms with van der Waals surface area (Å²) >= 11 is 0. The maximum absolute atomic E-state index is 5.83. The fraction of sp³-hybridized carbons (Fsp3) is 0.333. The topological polar surface area (TPSA) is 35.2 Å². The lowest BCUT2D eigenvalue weighted by atomic mass is 10.0. The third-order valence-electron chi connectivity index (χ3n) is 2.75. The lowest BCUT2D eigenvalue weighted by molar-refractivity contribution is 0.245. The summed E-state index contributed by atoms with van der Waals surface area (Å²) in [5.74, 6) is 0.955. The molecule has 0 saturated heterocycles. The molecule has 0 fully saturated rings. The normalized spacial score (nSPS) is 11.1. The van der Waals surface area contributed by atoms with Gasteiger partial charge in [-0.05, 0) is 43.8 Å². The molecule has 2 heteroatoms. The SMILES string of the molecule is CC(C)Oc1ccc(CCN)c2ccccc12. The zero-order valence-electron chi connectivity index (χ0n) is 10.4. The smallest absolute Gasteiger partial charge is 0.127 e. The van der Waals surface area contributed by atoms with Gasteiger partial charge in [0.15, 0.2) is 0 Å². The molecule has 2 N–H and O–H groups in total. The maximum atomic E-state index is 5.83. The molecule has 2 aromatic carbocycles. The third kappa shape index (κ3) is 2.59. The number of hydrogen-bond acceptors (Lipinski definition) is 2. The van der Waals surface area contributed by atoms with Crippen LogP contribution in [-0.2, 0) is 6.42 Å². The minimum absolute atomic E-state index is 0.193. The second-order valence-corrected chi connectivity index (χ2v) is 4.47. The summed E-state index contributed by atoms with van der Waals surface area (Å²) < 4.78 is 5.83. The highest BCUT2D eigenvalue weighted by molar-refractivity contribution is 5.91. The Morgan fingerprint density at radius 2 is 1.76 bits per heavy atom. The van der Waals surface area contributed by atoms with Crippen LogP contribution in [0.5, 0.6) is 5.75 Å². The summed E-state index contributed by atoms with van der Waals surface area (Å²) in [7, 11) is 0. The molecule has 0 bridgehead atoms. The molecule has 90 valence electrons. The first-order valence-corrected chi connectivity index (χ1v) is 6.09. The maximum Gasteiger partial charge on any atom is 0.127 e. The molecule has 0 radical (unpaired) electrons. The van der Waals surface area contributed by atoms with Crippen LogP contribution < -0.4 is 10.5 Å². The van der Waals surface area contributed by atoms with Gasteiger partial charge < -0.3 is 10.5 Å². The van der Waals surface area contributed by atoms with Gasteiger partial charge in [0.05, 0.1) is 6.10 Å². The first-order valence-electron chi connectivity index (χ1n) is 6.09. The first-order chi connectivity index (χ1) is 8.22. The monoisotopic (exact) mass is 229 g/mol. The fourth-order valence-electron chi connectivity index (χ4n) is 2.06. The minimum atomic E-state index is 0.193. The number of rotatable bonds is 4. The second-order valence-electron chi connectivity index (χ2n) is 4.47. The molecule has 0 aliphatic carbocycles. The lowest BCUT2D eigenvalue weighted by Crippen LogP contribution is -2.07. The predicted octanol–water partition coefficient (Wildman–Crippen LogP) is 3.13.